The zero-order valence-corrected chi connectivity index (χ0v) is 6.15. The average Bonchev–Trinajstić information content (AvgIpc) is 2.36. The van der Waals surface area contributed by atoms with Crippen molar-refractivity contribution in [2.75, 3.05) is 12.4 Å². The van der Waals surface area contributed by atoms with E-state index in [1.807, 2.05) is 0 Å². The van der Waals surface area contributed by atoms with Crippen molar-refractivity contribution in [2.45, 2.75) is 6.92 Å². The van der Waals surface area contributed by atoms with Gasteiger partial charge < -0.3 is 10.6 Å². The molecule has 0 aliphatic rings. The van der Waals surface area contributed by atoms with E-state index in [1.54, 1.807) is 6.92 Å². The van der Waals surface area contributed by atoms with Crippen molar-refractivity contribution in [3.05, 3.63) is 18.2 Å². The third-order valence-corrected chi connectivity index (χ3v) is 1.15. The highest BCUT2D eigenvalue weighted by atomic mass is 16.5. The molecule has 1 aromatic heterocycles. The number of hydrogen-bond donors (Lipinski definition) is 1. The molecule has 1 rings (SSSR count). The van der Waals surface area contributed by atoms with Gasteiger partial charge in [0, 0.05) is 0 Å². The summed E-state index contributed by atoms with van der Waals surface area (Å²) in [6.07, 6.45) is 2.70. The molecule has 0 unspecified atom stereocenters. The van der Waals surface area contributed by atoms with Crippen LogP contribution in [0.2, 0.25) is 0 Å². The lowest BCUT2D eigenvalue weighted by Crippen LogP contribution is -2.16. The molecule has 0 spiro atoms. The number of hydrogen-bond acceptors (Lipinski definition) is 4. The fraction of sp³-hybridized carbons (Fsp3) is 0.333. The molecule has 5 heteroatoms. The second-order valence-corrected chi connectivity index (χ2v) is 1.91. The summed E-state index contributed by atoms with van der Waals surface area (Å²) in [4.78, 5) is 14.6. The minimum absolute atomic E-state index is 0.256. The molecule has 0 saturated carbocycles. The van der Waals surface area contributed by atoms with Crippen LogP contribution < -0.4 is 5.84 Å². The Morgan fingerprint density at radius 2 is 2.64 bits per heavy atom. The van der Waals surface area contributed by atoms with Crippen molar-refractivity contribution in [1.29, 1.82) is 0 Å². The summed E-state index contributed by atoms with van der Waals surface area (Å²) in [6, 6.07) is 0. The molecule has 2 N–H and O–H groups in total. The van der Waals surface area contributed by atoms with Crippen LogP contribution in [0.5, 0.6) is 0 Å². The number of rotatable bonds is 2. The van der Waals surface area contributed by atoms with Crippen LogP contribution in [0.4, 0.5) is 0 Å². The highest BCUT2D eigenvalue weighted by Crippen LogP contribution is 1.96. The normalized spacial score (nSPS) is 9.55. The van der Waals surface area contributed by atoms with E-state index in [0.717, 1.165) is 4.68 Å². The van der Waals surface area contributed by atoms with Crippen LogP contribution >= 0.6 is 0 Å². The van der Waals surface area contributed by atoms with Crippen molar-refractivity contribution in [2.24, 2.45) is 0 Å². The predicted molar refractivity (Wildman–Crippen MR) is 38.3 cm³/mol. The van der Waals surface area contributed by atoms with E-state index in [1.165, 1.54) is 12.5 Å². The summed E-state index contributed by atoms with van der Waals surface area (Å²) in [5, 5.41) is 0. The van der Waals surface area contributed by atoms with Gasteiger partial charge in [-0.15, -0.1) is 0 Å². The Balaban J connectivity index is 2.76. The molecule has 1 aromatic rings. The van der Waals surface area contributed by atoms with Gasteiger partial charge in [-0.2, -0.15) is 0 Å². The van der Waals surface area contributed by atoms with Gasteiger partial charge in [-0.05, 0) is 6.92 Å². The summed E-state index contributed by atoms with van der Waals surface area (Å²) in [5.41, 5.74) is 0.256. The molecule has 0 aliphatic carbocycles. The molecule has 0 aromatic carbocycles. The van der Waals surface area contributed by atoms with Crippen molar-refractivity contribution in [3.8, 4) is 0 Å². The van der Waals surface area contributed by atoms with Gasteiger partial charge in [0.1, 0.15) is 6.33 Å². The highest BCUT2D eigenvalue weighted by molar-refractivity contribution is 5.87. The first-order valence-electron chi connectivity index (χ1n) is 3.20. The lowest BCUT2D eigenvalue weighted by atomic mass is 10.5. The Morgan fingerprint density at radius 3 is 3.09 bits per heavy atom. The number of ether oxygens (including phenoxy) is 1. The van der Waals surface area contributed by atoms with Gasteiger partial charge in [0.05, 0.1) is 12.8 Å². The van der Waals surface area contributed by atoms with Gasteiger partial charge in [-0.1, -0.05) is 0 Å². The predicted octanol–water partition coefficient (Wildman–Crippen LogP) is -0.226. The number of carbonyl (C=O) groups excluding carboxylic acids is 1. The van der Waals surface area contributed by atoms with Crippen LogP contribution in [0.25, 0.3) is 0 Å². The van der Waals surface area contributed by atoms with Gasteiger partial charge in [-0.25, -0.2) is 14.5 Å². The first-order chi connectivity index (χ1) is 5.25. The van der Waals surface area contributed by atoms with Crippen LogP contribution in [0, 0.1) is 0 Å². The molecule has 0 atom stereocenters. The van der Waals surface area contributed by atoms with E-state index in [9.17, 15) is 4.79 Å². The number of nitrogens with two attached hydrogens (primary N) is 1. The average molecular weight is 155 g/mol. The van der Waals surface area contributed by atoms with Crippen molar-refractivity contribution in [3.63, 3.8) is 0 Å². The first kappa shape index (κ1) is 7.59. The number of nitrogens with zero attached hydrogens (tertiary/aromatic N) is 2. The van der Waals surface area contributed by atoms with Crippen LogP contribution in [0.1, 0.15) is 17.4 Å². The van der Waals surface area contributed by atoms with E-state index in [-0.39, 0.29) is 5.69 Å². The fourth-order valence-corrected chi connectivity index (χ4v) is 0.668. The van der Waals surface area contributed by atoms with Crippen LogP contribution in [-0.4, -0.2) is 22.2 Å². The number of imidazole rings is 1. The number of carbonyl (C=O) groups is 1. The lowest BCUT2D eigenvalue weighted by Gasteiger charge is -2.00. The zero-order chi connectivity index (χ0) is 8.27. The largest absolute Gasteiger partial charge is 0.461 e. The first-order valence-corrected chi connectivity index (χ1v) is 3.20. The molecule has 0 bridgehead atoms. The van der Waals surface area contributed by atoms with E-state index < -0.39 is 5.97 Å². The molecule has 0 amide bonds. The molecule has 60 valence electrons. The van der Waals surface area contributed by atoms with E-state index in [4.69, 9.17) is 5.84 Å². The third kappa shape index (κ3) is 1.49. The second-order valence-electron chi connectivity index (χ2n) is 1.91. The van der Waals surface area contributed by atoms with Gasteiger partial charge >= 0.3 is 5.97 Å². The van der Waals surface area contributed by atoms with Gasteiger partial charge in [0.2, 0.25) is 0 Å². The fourth-order valence-electron chi connectivity index (χ4n) is 0.668. The maximum Gasteiger partial charge on any atom is 0.358 e. The molecule has 0 aliphatic heterocycles. The topological polar surface area (TPSA) is 70.1 Å². The monoisotopic (exact) mass is 155 g/mol. The molecular formula is C6H9N3O2. The summed E-state index contributed by atoms with van der Waals surface area (Å²) in [6.45, 7) is 2.07. The Hall–Kier alpha value is -1.52. The van der Waals surface area contributed by atoms with Gasteiger partial charge in [0.15, 0.2) is 5.69 Å². The van der Waals surface area contributed by atoms with E-state index >= 15 is 0 Å². The Bertz CT molecular complexity index is 256. The van der Waals surface area contributed by atoms with Gasteiger partial charge in [0.25, 0.3) is 0 Å². The summed E-state index contributed by atoms with van der Waals surface area (Å²) < 4.78 is 5.81. The highest BCUT2D eigenvalue weighted by Gasteiger charge is 2.09. The van der Waals surface area contributed by atoms with Crippen molar-refractivity contribution >= 4 is 5.97 Å². The minimum Gasteiger partial charge on any atom is -0.461 e. The molecule has 0 radical (unpaired) electrons. The maximum atomic E-state index is 11.0. The third-order valence-electron chi connectivity index (χ3n) is 1.15. The molecule has 5 nitrogen and oxygen atoms in total. The smallest absolute Gasteiger partial charge is 0.358 e. The van der Waals surface area contributed by atoms with E-state index in [2.05, 4.69) is 9.72 Å². The Morgan fingerprint density at radius 1 is 1.91 bits per heavy atom. The van der Waals surface area contributed by atoms with Gasteiger partial charge in [-0.3, -0.25) is 0 Å². The Kier molecular flexibility index (Phi) is 2.10. The quantitative estimate of drug-likeness (QED) is 0.473. The van der Waals surface area contributed by atoms with Crippen molar-refractivity contribution < 1.29 is 9.53 Å². The van der Waals surface area contributed by atoms with Crippen LogP contribution in [0.3, 0.4) is 0 Å². The number of nitrogen functional groups attached to an aromatic ring is 1. The minimum atomic E-state index is -0.451. The second kappa shape index (κ2) is 3.05. The van der Waals surface area contributed by atoms with Crippen molar-refractivity contribution in [1.82, 2.24) is 9.66 Å². The molecule has 0 saturated heterocycles. The lowest BCUT2D eigenvalue weighted by molar-refractivity contribution is 0.0516. The van der Waals surface area contributed by atoms with Crippen LogP contribution in [0.15, 0.2) is 12.5 Å². The SMILES string of the molecule is CCOC(=O)c1cncn1N. The maximum absolute atomic E-state index is 11.0. The molecule has 11 heavy (non-hydrogen) atoms. The Labute approximate surface area is 63.8 Å². The van der Waals surface area contributed by atoms with Crippen LogP contribution in [-0.2, 0) is 4.74 Å². The standard InChI is InChI=1S/C6H9N3O2/c1-2-11-6(10)5-3-8-4-9(5)7/h3-4H,2,7H2,1H3. The molecule has 1 heterocycles. The molecule has 0 fully saturated rings. The number of aromatic nitrogens is 2. The number of esters is 1. The van der Waals surface area contributed by atoms with E-state index in [0.29, 0.717) is 6.61 Å². The summed E-state index contributed by atoms with van der Waals surface area (Å²) in [7, 11) is 0. The summed E-state index contributed by atoms with van der Waals surface area (Å²) >= 11 is 0. The summed E-state index contributed by atoms with van der Waals surface area (Å²) in [5.74, 6) is 4.87. The molecular weight excluding hydrogens is 146 g/mol. The zero-order valence-electron chi connectivity index (χ0n) is 6.15.